The highest BCUT2D eigenvalue weighted by atomic mass is 32.1. The number of aromatic nitrogens is 1. The van der Waals surface area contributed by atoms with Gasteiger partial charge in [0.05, 0.1) is 5.69 Å². The molecule has 0 radical (unpaired) electrons. The van der Waals surface area contributed by atoms with Gasteiger partial charge in [0.2, 0.25) is 0 Å². The number of nitrogens with zero attached hydrogens (tertiary/aromatic N) is 1. The normalized spacial score (nSPS) is 16.8. The van der Waals surface area contributed by atoms with Crippen LogP contribution in [0.15, 0.2) is 5.38 Å². The molecule has 2 unspecified atom stereocenters. The summed E-state index contributed by atoms with van der Waals surface area (Å²) in [5.74, 6) is 0.592. The molecule has 0 aromatic carbocycles. The van der Waals surface area contributed by atoms with Gasteiger partial charge in [0.25, 0.3) is 0 Å². The minimum absolute atomic E-state index is 0.0396. The van der Waals surface area contributed by atoms with Crippen LogP contribution in [0.2, 0.25) is 0 Å². The molecule has 2 N–H and O–H groups in total. The van der Waals surface area contributed by atoms with Crippen LogP contribution in [0.1, 0.15) is 64.2 Å². The Bertz CT molecular complexity index is 364. The van der Waals surface area contributed by atoms with Crippen molar-refractivity contribution in [2.75, 3.05) is 6.61 Å². The van der Waals surface area contributed by atoms with E-state index in [0.29, 0.717) is 12.5 Å². The molecule has 3 nitrogen and oxygen atoms in total. The third kappa shape index (κ3) is 3.77. The Morgan fingerprint density at radius 1 is 1.44 bits per heavy atom. The third-order valence-electron chi connectivity index (χ3n) is 3.22. The fourth-order valence-electron chi connectivity index (χ4n) is 1.96. The molecule has 104 valence electrons. The summed E-state index contributed by atoms with van der Waals surface area (Å²) in [7, 11) is 0. The van der Waals surface area contributed by atoms with E-state index in [1.807, 2.05) is 6.92 Å². The van der Waals surface area contributed by atoms with Gasteiger partial charge in [-0.1, -0.05) is 20.8 Å². The van der Waals surface area contributed by atoms with Gasteiger partial charge in [0.1, 0.15) is 10.6 Å². The van der Waals surface area contributed by atoms with Crippen molar-refractivity contribution in [3.8, 4) is 0 Å². The van der Waals surface area contributed by atoms with Crippen LogP contribution in [0.3, 0.4) is 0 Å². The van der Waals surface area contributed by atoms with Crippen molar-refractivity contribution in [2.45, 2.75) is 59.1 Å². The largest absolute Gasteiger partial charge is 0.368 e. The van der Waals surface area contributed by atoms with Crippen LogP contribution in [0.25, 0.3) is 0 Å². The molecular formula is C14H26N2OS. The Labute approximate surface area is 115 Å². The van der Waals surface area contributed by atoms with E-state index >= 15 is 0 Å². The molecule has 0 spiro atoms. The van der Waals surface area contributed by atoms with Crippen molar-refractivity contribution in [3.63, 3.8) is 0 Å². The van der Waals surface area contributed by atoms with Gasteiger partial charge in [0, 0.05) is 18.0 Å². The molecule has 1 aromatic rings. The first-order chi connectivity index (χ1) is 8.42. The predicted molar refractivity (Wildman–Crippen MR) is 77.8 cm³/mol. The monoisotopic (exact) mass is 270 g/mol. The van der Waals surface area contributed by atoms with E-state index in [1.165, 1.54) is 0 Å². The number of hydrogen-bond acceptors (Lipinski definition) is 4. The molecule has 0 aliphatic carbocycles. The van der Waals surface area contributed by atoms with Crippen molar-refractivity contribution in [1.82, 2.24) is 4.98 Å². The first-order valence-corrected chi connectivity index (χ1v) is 7.66. The topological polar surface area (TPSA) is 48.1 Å². The molecule has 0 saturated heterocycles. The fourth-order valence-corrected chi connectivity index (χ4v) is 3.03. The zero-order chi connectivity index (χ0) is 13.8. The summed E-state index contributed by atoms with van der Waals surface area (Å²) in [6, 6.07) is 0.0396. The van der Waals surface area contributed by atoms with Crippen LogP contribution in [-0.4, -0.2) is 11.6 Å². The van der Waals surface area contributed by atoms with E-state index < -0.39 is 0 Å². The van der Waals surface area contributed by atoms with Gasteiger partial charge in [-0.05, 0) is 32.6 Å². The van der Waals surface area contributed by atoms with Gasteiger partial charge in [-0.25, -0.2) is 4.98 Å². The molecule has 18 heavy (non-hydrogen) atoms. The Morgan fingerprint density at radius 2 is 2.11 bits per heavy atom. The Hall–Kier alpha value is -0.450. The van der Waals surface area contributed by atoms with Crippen molar-refractivity contribution in [2.24, 2.45) is 11.7 Å². The lowest BCUT2D eigenvalue weighted by Gasteiger charge is -2.25. The second-order valence-electron chi connectivity index (χ2n) is 5.33. The number of hydrogen-bond donors (Lipinski definition) is 1. The van der Waals surface area contributed by atoms with Crippen LogP contribution < -0.4 is 5.73 Å². The predicted octanol–water partition coefficient (Wildman–Crippen LogP) is 3.85. The van der Waals surface area contributed by atoms with Gasteiger partial charge in [0.15, 0.2) is 0 Å². The smallest absolute Gasteiger partial charge is 0.125 e. The molecule has 0 fully saturated rings. The molecule has 0 amide bonds. The van der Waals surface area contributed by atoms with E-state index in [0.717, 1.165) is 23.5 Å². The first kappa shape index (κ1) is 15.6. The summed E-state index contributed by atoms with van der Waals surface area (Å²) in [6.45, 7) is 11.3. The van der Waals surface area contributed by atoms with Crippen molar-refractivity contribution in [3.05, 3.63) is 16.1 Å². The number of ether oxygens (including phenoxy) is 1. The van der Waals surface area contributed by atoms with Crippen molar-refractivity contribution < 1.29 is 4.74 Å². The molecule has 2 atom stereocenters. The van der Waals surface area contributed by atoms with Gasteiger partial charge < -0.3 is 10.5 Å². The van der Waals surface area contributed by atoms with E-state index in [4.69, 9.17) is 15.5 Å². The molecule has 1 rings (SSSR count). The molecule has 1 aromatic heterocycles. The molecule has 0 saturated carbocycles. The minimum atomic E-state index is -0.269. The van der Waals surface area contributed by atoms with Crippen LogP contribution in [0.4, 0.5) is 0 Å². The molecule has 0 bridgehead atoms. The van der Waals surface area contributed by atoms with Crippen molar-refractivity contribution >= 4 is 11.3 Å². The van der Waals surface area contributed by atoms with Gasteiger partial charge in [-0.3, -0.25) is 0 Å². The standard InChI is InChI=1S/C14H26N2OS/c1-6-14(5,17-7-2)13-16-12(9-18-13)11(15)8-10(3)4/h9-11H,6-8,15H2,1-5H3. The van der Waals surface area contributed by atoms with Crippen LogP contribution >= 0.6 is 11.3 Å². The maximum absolute atomic E-state index is 6.17. The van der Waals surface area contributed by atoms with Crippen LogP contribution in [0, 0.1) is 5.92 Å². The average Bonchev–Trinajstić information content (AvgIpc) is 2.78. The summed E-state index contributed by atoms with van der Waals surface area (Å²) in [5, 5.41) is 3.12. The molecular weight excluding hydrogens is 244 g/mol. The lowest BCUT2D eigenvalue weighted by molar-refractivity contribution is -0.0325. The summed E-state index contributed by atoms with van der Waals surface area (Å²) in [4.78, 5) is 4.69. The lowest BCUT2D eigenvalue weighted by atomic mass is 10.0. The first-order valence-electron chi connectivity index (χ1n) is 6.78. The summed E-state index contributed by atoms with van der Waals surface area (Å²) >= 11 is 1.66. The van der Waals surface area contributed by atoms with Crippen LogP contribution in [0.5, 0.6) is 0 Å². The summed E-state index contributed by atoms with van der Waals surface area (Å²) in [5.41, 5.74) is 6.91. The highest BCUT2D eigenvalue weighted by Gasteiger charge is 2.29. The Kier molecular flexibility index (Phi) is 5.76. The number of nitrogens with two attached hydrogens (primary N) is 1. The number of rotatable bonds is 7. The Balaban J connectivity index is 2.84. The maximum atomic E-state index is 6.17. The fraction of sp³-hybridized carbons (Fsp3) is 0.786. The minimum Gasteiger partial charge on any atom is -0.368 e. The average molecular weight is 270 g/mol. The molecule has 1 heterocycles. The zero-order valence-electron chi connectivity index (χ0n) is 12.2. The molecule has 0 aliphatic heterocycles. The highest BCUT2D eigenvalue weighted by Crippen LogP contribution is 2.33. The third-order valence-corrected chi connectivity index (χ3v) is 4.32. The Morgan fingerprint density at radius 3 is 2.61 bits per heavy atom. The highest BCUT2D eigenvalue weighted by molar-refractivity contribution is 7.09. The SMILES string of the molecule is CCOC(C)(CC)c1nc(C(N)CC(C)C)cs1. The van der Waals surface area contributed by atoms with E-state index in [9.17, 15) is 0 Å². The van der Waals surface area contributed by atoms with E-state index in [1.54, 1.807) is 11.3 Å². The van der Waals surface area contributed by atoms with Gasteiger partial charge in [-0.2, -0.15) is 0 Å². The van der Waals surface area contributed by atoms with Gasteiger partial charge in [-0.15, -0.1) is 11.3 Å². The van der Waals surface area contributed by atoms with Crippen LogP contribution in [-0.2, 0) is 10.3 Å². The lowest BCUT2D eigenvalue weighted by Crippen LogP contribution is -2.25. The molecule has 4 heteroatoms. The van der Waals surface area contributed by atoms with E-state index in [-0.39, 0.29) is 11.6 Å². The quantitative estimate of drug-likeness (QED) is 0.818. The van der Waals surface area contributed by atoms with E-state index in [2.05, 4.69) is 33.1 Å². The van der Waals surface area contributed by atoms with Gasteiger partial charge >= 0.3 is 0 Å². The summed E-state index contributed by atoms with van der Waals surface area (Å²) in [6.07, 6.45) is 1.90. The second-order valence-corrected chi connectivity index (χ2v) is 6.19. The maximum Gasteiger partial charge on any atom is 0.125 e. The second kappa shape index (κ2) is 6.64. The zero-order valence-corrected chi connectivity index (χ0v) is 13.0. The molecule has 0 aliphatic rings. The summed E-state index contributed by atoms with van der Waals surface area (Å²) < 4.78 is 5.85. The van der Waals surface area contributed by atoms with Crippen molar-refractivity contribution in [1.29, 1.82) is 0 Å². The number of thiazole rings is 1.